The number of nitrogens with zero attached hydrogens (tertiary/aromatic N) is 2. The smallest absolute Gasteiger partial charge is 0.416 e. The minimum Gasteiger partial charge on any atom is -0.494 e. The first-order valence-electron chi connectivity index (χ1n) is 9.73. The third-order valence-corrected chi connectivity index (χ3v) is 6.43. The van der Waals surface area contributed by atoms with Crippen molar-refractivity contribution in [2.45, 2.75) is 30.9 Å². The summed E-state index contributed by atoms with van der Waals surface area (Å²) in [5.41, 5.74) is 6.17. The quantitative estimate of drug-likeness (QED) is 0.713. The summed E-state index contributed by atoms with van der Waals surface area (Å²) in [7, 11) is 3.22. The minimum absolute atomic E-state index is 0.201. The molecule has 0 bridgehead atoms. The Balaban J connectivity index is 1.75. The Morgan fingerprint density at radius 3 is 2.53 bits per heavy atom. The molecule has 8 heteroatoms. The third-order valence-electron chi connectivity index (χ3n) is 6.43. The van der Waals surface area contributed by atoms with Gasteiger partial charge in [-0.3, -0.25) is 0 Å². The van der Waals surface area contributed by atoms with Crippen molar-refractivity contribution in [1.29, 1.82) is 0 Å². The third kappa shape index (κ3) is 3.28. The summed E-state index contributed by atoms with van der Waals surface area (Å²) in [5.74, 6) is -0.283. The van der Waals surface area contributed by atoms with Gasteiger partial charge in [-0.05, 0) is 49.0 Å². The van der Waals surface area contributed by atoms with Crippen LogP contribution in [0.5, 0.6) is 0 Å². The van der Waals surface area contributed by atoms with Crippen LogP contribution >= 0.6 is 0 Å². The number of fused-ring (bicyclic) bond motifs is 1. The number of nitrogens with two attached hydrogens (primary N) is 1. The second-order valence-electron chi connectivity index (χ2n) is 8.07. The Hall–Kier alpha value is -2.77. The van der Waals surface area contributed by atoms with Crippen molar-refractivity contribution in [2.24, 2.45) is 18.9 Å². The predicted molar refractivity (Wildman–Crippen MR) is 105 cm³/mol. The highest BCUT2D eigenvalue weighted by atomic mass is 19.4. The summed E-state index contributed by atoms with van der Waals surface area (Å²) in [6, 6.07) is 5.15. The van der Waals surface area contributed by atoms with Gasteiger partial charge < -0.3 is 15.0 Å². The number of hydrogen-bond donors (Lipinski definition) is 1. The van der Waals surface area contributed by atoms with Crippen molar-refractivity contribution in [2.75, 3.05) is 12.8 Å². The Kier molecular flexibility index (Phi) is 4.91. The number of hydrogen-bond acceptors (Lipinski definition) is 3. The first-order valence-corrected chi connectivity index (χ1v) is 9.73. The molecule has 0 amide bonds. The molecule has 0 spiro atoms. The lowest BCUT2D eigenvalue weighted by Crippen LogP contribution is -2.36. The van der Waals surface area contributed by atoms with E-state index in [-0.39, 0.29) is 23.4 Å². The summed E-state index contributed by atoms with van der Waals surface area (Å²) in [4.78, 5) is 4.53. The van der Waals surface area contributed by atoms with E-state index in [4.69, 9.17) is 10.5 Å². The fraction of sp³-hybridized carbons (Fsp3) is 0.409. The fourth-order valence-electron chi connectivity index (χ4n) is 4.86. The van der Waals surface area contributed by atoms with Crippen LogP contribution in [0.25, 0.3) is 0 Å². The fourth-order valence-corrected chi connectivity index (χ4v) is 4.86. The van der Waals surface area contributed by atoms with Crippen molar-refractivity contribution in [3.05, 3.63) is 71.0 Å². The standard InChI is InChI=1S/C22H23F4N3O/c1-29-12-18(28-20(29)27)21(11-13-3-5-14(6-4-13)22(24,25)26)10-9-15-16(21)7-8-17(30-2)19(15)23/h3-8,12,15-16H,9-11H2,1-2H3,(H2,27,28). The molecule has 2 aliphatic rings. The van der Waals surface area contributed by atoms with Crippen LogP contribution in [-0.4, -0.2) is 16.7 Å². The molecule has 2 N–H and O–H groups in total. The van der Waals surface area contributed by atoms with Gasteiger partial charge in [0.2, 0.25) is 0 Å². The molecular formula is C22H23F4N3O. The lowest BCUT2D eigenvalue weighted by molar-refractivity contribution is -0.137. The number of aromatic nitrogens is 2. The van der Waals surface area contributed by atoms with Crippen LogP contribution in [0.15, 0.2) is 54.2 Å². The Morgan fingerprint density at radius 1 is 1.27 bits per heavy atom. The highest BCUT2D eigenvalue weighted by Crippen LogP contribution is 2.55. The van der Waals surface area contributed by atoms with Crippen molar-refractivity contribution in [3.63, 3.8) is 0 Å². The maximum absolute atomic E-state index is 15.0. The van der Waals surface area contributed by atoms with Gasteiger partial charge in [-0.2, -0.15) is 13.2 Å². The zero-order valence-corrected chi connectivity index (χ0v) is 16.7. The van der Waals surface area contributed by atoms with Crippen molar-refractivity contribution in [3.8, 4) is 0 Å². The van der Waals surface area contributed by atoms with Gasteiger partial charge in [0.1, 0.15) is 11.6 Å². The van der Waals surface area contributed by atoms with Crippen LogP contribution in [0.3, 0.4) is 0 Å². The molecule has 3 unspecified atom stereocenters. The van der Waals surface area contributed by atoms with Gasteiger partial charge in [0.25, 0.3) is 0 Å². The molecule has 0 aliphatic heterocycles. The highest BCUT2D eigenvalue weighted by molar-refractivity contribution is 5.39. The number of nitrogen functional groups attached to an aromatic ring is 1. The van der Waals surface area contributed by atoms with Gasteiger partial charge in [0.05, 0.1) is 18.4 Å². The molecule has 4 nitrogen and oxygen atoms in total. The Morgan fingerprint density at radius 2 is 1.97 bits per heavy atom. The number of methoxy groups -OCH3 is 1. The number of halogens is 4. The van der Waals surface area contributed by atoms with Crippen LogP contribution < -0.4 is 5.73 Å². The van der Waals surface area contributed by atoms with Gasteiger partial charge in [-0.25, -0.2) is 9.37 Å². The molecule has 3 atom stereocenters. The molecular weight excluding hydrogens is 398 g/mol. The lowest BCUT2D eigenvalue weighted by atomic mass is 9.68. The molecule has 1 fully saturated rings. The van der Waals surface area contributed by atoms with E-state index in [1.54, 1.807) is 17.7 Å². The number of aryl methyl sites for hydroxylation is 1. The average Bonchev–Trinajstić information content (AvgIpc) is 3.24. The normalized spacial score (nSPS) is 26.2. The lowest BCUT2D eigenvalue weighted by Gasteiger charge is -2.36. The summed E-state index contributed by atoms with van der Waals surface area (Å²) in [6.45, 7) is 0. The Labute approximate surface area is 172 Å². The van der Waals surface area contributed by atoms with Gasteiger partial charge in [-0.15, -0.1) is 0 Å². The molecule has 1 aromatic heterocycles. The number of anilines is 1. The maximum Gasteiger partial charge on any atom is 0.416 e. The number of rotatable bonds is 4. The van der Waals surface area contributed by atoms with Crippen molar-refractivity contribution >= 4 is 5.95 Å². The number of ether oxygens (including phenoxy) is 1. The average molecular weight is 421 g/mol. The van der Waals surface area contributed by atoms with Gasteiger partial charge >= 0.3 is 6.18 Å². The first kappa shape index (κ1) is 20.5. The molecule has 0 saturated heterocycles. The van der Waals surface area contributed by atoms with E-state index in [1.807, 2.05) is 12.3 Å². The minimum atomic E-state index is -4.39. The van der Waals surface area contributed by atoms with Crippen LogP contribution in [0.4, 0.5) is 23.5 Å². The summed E-state index contributed by atoms with van der Waals surface area (Å²) in [6.07, 6.45) is 2.68. The first-order chi connectivity index (χ1) is 14.2. The zero-order chi connectivity index (χ0) is 21.7. The van der Waals surface area contributed by atoms with E-state index in [9.17, 15) is 17.6 Å². The Bertz CT molecular complexity index is 987. The highest BCUT2D eigenvalue weighted by Gasteiger charge is 2.52. The van der Waals surface area contributed by atoms with Crippen LogP contribution in [0.1, 0.15) is 29.7 Å². The molecule has 2 aliphatic carbocycles. The molecule has 1 heterocycles. The zero-order valence-electron chi connectivity index (χ0n) is 16.7. The molecule has 1 saturated carbocycles. The molecule has 2 aromatic rings. The molecule has 4 rings (SSSR count). The number of alkyl halides is 3. The van der Waals surface area contributed by atoms with E-state index < -0.39 is 17.2 Å². The largest absolute Gasteiger partial charge is 0.494 e. The van der Waals surface area contributed by atoms with Crippen molar-refractivity contribution < 1.29 is 22.3 Å². The molecule has 0 radical (unpaired) electrons. The number of benzene rings is 1. The molecule has 1 aromatic carbocycles. The monoisotopic (exact) mass is 421 g/mol. The van der Waals surface area contributed by atoms with E-state index in [0.717, 1.165) is 23.4 Å². The van der Waals surface area contributed by atoms with E-state index in [0.29, 0.717) is 25.2 Å². The van der Waals surface area contributed by atoms with Crippen LogP contribution in [0, 0.1) is 11.8 Å². The van der Waals surface area contributed by atoms with Crippen LogP contribution in [0.2, 0.25) is 0 Å². The summed E-state index contributed by atoms with van der Waals surface area (Å²) >= 11 is 0. The molecule has 30 heavy (non-hydrogen) atoms. The maximum atomic E-state index is 15.0. The molecule has 160 valence electrons. The van der Waals surface area contributed by atoms with Gasteiger partial charge in [0.15, 0.2) is 5.95 Å². The van der Waals surface area contributed by atoms with Crippen LogP contribution in [-0.2, 0) is 29.8 Å². The van der Waals surface area contributed by atoms with Crippen molar-refractivity contribution in [1.82, 2.24) is 9.55 Å². The SMILES string of the molecule is COC1=C(F)C2CCC(Cc3ccc(C(F)(F)F)cc3)(c3cn(C)c(N)n3)C2C=C1. The van der Waals surface area contributed by atoms with Gasteiger partial charge in [0, 0.05) is 24.6 Å². The predicted octanol–water partition coefficient (Wildman–Crippen LogP) is 4.93. The summed E-state index contributed by atoms with van der Waals surface area (Å²) in [5, 5.41) is 0. The number of allylic oxidation sites excluding steroid dienone is 3. The second kappa shape index (κ2) is 7.18. The van der Waals surface area contributed by atoms with E-state index in [2.05, 4.69) is 4.98 Å². The number of imidazole rings is 1. The topological polar surface area (TPSA) is 53.1 Å². The van der Waals surface area contributed by atoms with Gasteiger partial charge in [-0.1, -0.05) is 18.2 Å². The second-order valence-corrected chi connectivity index (χ2v) is 8.07. The van der Waals surface area contributed by atoms with E-state index >= 15 is 0 Å². The van der Waals surface area contributed by atoms with E-state index in [1.165, 1.54) is 19.2 Å². The summed E-state index contributed by atoms with van der Waals surface area (Å²) < 4.78 is 60.7.